The van der Waals surface area contributed by atoms with Gasteiger partial charge in [0.1, 0.15) is 0 Å². The van der Waals surface area contributed by atoms with Crippen molar-refractivity contribution < 1.29 is 19.4 Å². The van der Waals surface area contributed by atoms with Crippen LogP contribution in [0.2, 0.25) is 0 Å². The van der Waals surface area contributed by atoms with Crippen LogP contribution in [0.5, 0.6) is 0 Å². The Bertz CT molecular complexity index is 361. The maximum absolute atomic E-state index is 11.9. The molecule has 120 valence electrons. The molecule has 0 aromatic carbocycles. The van der Waals surface area contributed by atoms with Gasteiger partial charge >= 0.3 is 12.0 Å². The monoisotopic (exact) mass is 299 g/mol. The predicted octanol–water partition coefficient (Wildman–Crippen LogP) is 0.958. The Hall–Kier alpha value is -1.34. The summed E-state index contributed by atoms with van der Waals surface area (Å²) in [4.78, 5) is 23.5. The highest BCUT2D eigenvalue weighted by atomic mass is 16.5. The van der Waals surface area contributed by atoms with Crippen molar-refractivity contribution in [1.82, 2.24) is 15.8 Å². The quantitative estimate of drug-likeness (QED) is 0.673. The third-order valence-electron chi connectivity index (χ3n) is 4.37. The second-order valence-electron chi connectivity index (χ2n) is 5.89. The fourth-order valence-corrected chi connectivity index (χ4v) is 2.98. The first-order chi connectivity index (χ1) is 10.1. The van der Waals surface area contributed by atoms with Crippen LogP contribution in [-0.2, 0) is 9.53 Å². The van der Waals surface area contributed by atoms with Gasteiger partial charge in [-0.2, -0.15) is 0 Å². The molecule has 1 saturated heterocycles. The number of morpholine rings is 1. The third-order valence-corrected chi connectivity index (χ3v) is 4.37. The number of hydrazine groups is 1. The summed E-state index contributed by atoms with van der Waals surface area (Å²) in [6.07, 6.45) is 5.27. The van der Waals surface area contributed by atoms with Crippen LogP contribution in [0.4, 0.5) is 4.79 Å². The summed E-state index contributed by atoms with van der Waals surface area (Å²) >= 11 is 0. The summed E-state index contributed by atoms with van der Waals surface area (Å²) in [7, 11) is 0. The lowest BCUT2D eigenvalue weighted by Gasteiger charge is -2.30. The van der Waals surface area contributed by atoms with Crippen molar-refractivity contribution in [3.8, 4) is 0 Å². The second-order valence-corrected chi connectivity index (χ2v) is 5.89. The molecule has 0 spiro atoms. The molecule has 0 unspecified atom stereocenters. The van der Waals surface area contributed by atoms with Gasteiger partial charge in [-0.15, -0.1) is 0 Å². The normalized spacial score (nSPS) is 23.0. The van der Waals surface area contributed by atoms with E-state index >= 15 is 0 Å². The predicted molar refractivity (Wildman–Crippen MR) is 76.7 cm³/mol. The fourth-order valence-electron chi connectivity index (χ4n) is 2.98. The number of urea groups is 1. The van der Waals surface area contributed by atoms with E-state index in [1.54, 1.807) is 5.01 Å². The lowest BCUT2D eigenvalue weighted by molar-refractivity contribution is -0.149. The first kappa shape index (κ1) is 16.0. The van der Waals surface area contributed by atoms with Crippen LogP contribution in [0.15, 0.2) is 0 Å². The molecule has 7 heteroatoms. The number of aliphatic carboxylic acids is 1. The molecule has 0 aromatic heterocycles. The minimum absolute atomic E-state index is 0.193. The van der Waals surface area contributed by atoms with Crippen LogP contribution >= 0.6 is 0 Å². The number of carbonyl (C=O) groups is 2. The smallest absolute Gasteiger partial charge is 0.329 e. The number of hydrogen-bond acceptors (Lipinski definition) is 4. The number of rotatable bonds is 4. The molecule has 0 radical (unpaired) electrons. The number of carboxylic acids is 1. The van der Waals surface area contributed by atoms with Gasteiger partial charge in [0.2, 0.25) is 0 Å². The highest BCUT2D eigenvalue weighted by Gasteiger charge is 2.38. The van der Waals surface area contributed by atoms with E-state index in [-0.39, 0.29) is 12.6 Å². The molecule has 1 heterocycles. The highest BCUT2D eigenvalue weighted by molar-refractivity contribution is 5.78. The summed E-state index contributed by atoms with van der Waals surface area (Å²) in [6.45, 7) is 2.69. The zero-order valence-electron chi connectivity index (χ0n) is 12.4. The highest BCUT2D eigenvalue weighted by Crippen LogP contribution is 2.34. The number of hydrogen-bond donors (Lipinski definition) is 3. The SMILES string of the molecule is O=C(NCC1(C(=O)O)CCCCCC1)NN1CCOCC1. The maximum atomic E-state index is 11.9. The first-order valence-corrected chi connectivity index (χ1v) is 7.73. The Balaban J connectivity index is 1.83. The van der Waals surface area contributed by atoms with Crippen LogP contribution < -0.4 is 10.7 Å². The maximum Gasteiger partial charge on any atom is 0.329 e. The molecule has 0 atom stereocenters. The van der Waals surface area contributed by atoms with E-state index in [4.69, 9.17) is 4.74 Å². The van der Waals surface area contributed by atoms with Gasteiger partial charge in [-0.25, -0.2) is 9.80 Å². The molecule has 1 saturated carbocycles. The zero-order chi connectivity index (χ0) is 15.1. The molecule has 1 aliphatic heterocycles. The minimum atomic E-state index is -0.807. The van der Waals surface area contributed by atoms with Crippen molar-refractivity contribution in [3.05, 3.63) is 0 Å². The molecule has 2 amide bonds. The lowest BCUT2D eigenvalue weighted by Crippen LogP contribution is -2.53. The molecule has 21 heavy (non-hydrogen) atoms. The van der Waals surface area contributed by atoms with E-state index in [9.17, 15) is 14.7 Å². The van der Waals surface area contributed by atoms with Crippen molar-refractivity contribution in [1.29, 1.82) is 0 Å². The molecule has 2 aliphatic rings. The topological polar surface area (TPSA) is 90.9 Å². The molecule has 1 aliphatic carbocycles. The van der Waals surface area contributed by atoms with Gasteiger partial charge in [-0.3, -0.25) is 10.2 Å². The summed E-state index contributed by atoms with van der Waals surface area (Å²) in [5.74, 6) is -0.795. The Labute approximate surface area is 125 Å². The minimum Gasteiger partial charge on any atom is -0.481 e. The van der Waals surface area contributed by atoms with Gasteiger partial charge in [0.05, 0.1) is 18.6 Å². The first-order valence-electron chi connectivity index (χ1n) is 7.73. The Morgan fingerprint density at radius 1 is 1.10 bits per heavy atom. The molecular weight excluding hydrogens is 274 g/mol. The molecule has 2 rings (SSSR count). The van der Waals surface area contributed by atoms with Crippen molar-refractivity contribution in [2.45, 2.75) is 38.5 Å². The summed E-state index contributed by atoms with van der Waals surface area (Å²) < 4.78 is 5.21. The van der Waals surface area contributed by atoms with E-state index in [0.29, 0.717) is 39.1 Å². The van der Waals surface area contributed by atoms with E-state index in [1.807, 2.05) is 0 Å². The molecular formula is C14H25N3O4. The number of amides is 2. The average molecular weight is 299 g/mol. The number of nitrogens with zero attached hydrogens (tertiary/aromatic N) is 1. The zero-order valence-corrected chi connectivity index (χ0v) is 12.4. The number of carbonyl (C=O) groups excluding carboxylic acids is 1. The second kappa shape index (κ2) is 7.61. The van der Waals surface area contributed by atoms with Gasteiger partial charge < -0.3 is 15.2 Å². The van der Waals surface area contributed by atoms with Crippen molar-refractivity contribution in [2.75, 3.05) is 32.8 Å². The van der Waals surface area contributed by atoms with Crippen molar-refractivity contribution in [3.63, 3.8) is 0 Å². The molecule has 3 N–H and O–H groups in total. The summed E-state index contributed by atoms with van der Waals surface area (Å²) in [6, 6.07) is -0.332. The van der Waals surface area contributed by atoms with E-state index in [2.05, 4.69) is 10.7 Å². The molecule has 2 fully saturated rings. The average Bonchev–Trinajstić information content (AvgIpc) is 2.73. The number of carboxylic acid groups (broad SMARTS) is 1. The van der Waals surface area contributed by atoms with E-state index < -0.39 is 11.4 Å². The van der Waals surface area contributed by atoms with Crippen molar-refractivity contribution in [2.24, 2.45) is 5.41 Å². The standard InChI is InChI=1S/C14H25N3O4/c18-12(19)14(5-3-1-2-4-6-14)11-15-13(20)16-17-7-9-21-10-8-17/h1-11H2,(H,18,19)(H2,15,16,20). The van der Waals surface area contributed by atoms with Crippen LogP contribution in [-0.4, -0.2) is 55.0 Å². The van der Waals surface area contributed by atoms with Gasteiger partial charge in [0, 0.05) is 19.6 Å². The van der Waals surface area contributed by atoms with Crippen LogP contribution in [0.25, 0.3) is 0 Å². The Kier molecular flexibility index (Phi) is 5.81. The van der Waals surface area contributed by atoms with Crippen LogP contribution in [0, 0.1) is 5.41 Å². The molecule has 7 nitrogen and oxygen atoms in total. The molecule has 0 aromatic rings. The fraction of sp³-hybridized carbons (Fsp3) is 0.857. The van der Waals surface area contributed by atoms with Gasteiger partial charge in [0.25, 0.3) is 0 Å². The van der Waals surface area contributed by atoms with Gasteiger partial charge in [-0.05, 0) is 12.8 Å². The van der Waals surface area contributed by atoms with E-state index in [1.165, 1.54) is 0 Å². The molecule has 0 bridgehead atoms. The summed E-state index contributed by atoms with van der Waals surface area (Å²) in [5.41, 5.74) is 1.93. The van der Waals surface area contributed by atoms with E-state index in [0.717, 1.165) is 25.7 Å². The van der Waals surface area contributed by atoms with Gasteiger partial charge in [0.15, 0.2) is 0 Å². The third kappa shape index (κ3) is 4.57. The Morgan fingerprint density at radius 2 is 1.71 bits per heavy atom. The Morgan fingerprint density at radius 3 is 2.29 bits per heavy atom. The number of ether oxygens (including phenoxy) is 1. The van der Waals surface area contributed by atoms with Crippen molar-refractivity contribution >= 4 is 12.0 Å². The van der Waals surface area contributed by atoms with Gasteiger partial charge in [-0.1, -0.05) is 25.7 Å². The largest absolute Gasteiger partial charge is 0.481 e. The van der Waals surface area contributed by atoms with Crippen LogP contribution in [0.3, 0.4) is 0 Å². The number of nitrogens with one attached hydrogen (secondary N) is 2. The summed E-state index contributed by atoms with van der Waals surface area (Å²) in [5, 5.41) is 14.1. The lowest BCUT2D eigenvalue weighted by atomic mass is 9.80. The van der Waals surface area contributed by atoms with Crippen LogP contribution in [0.1, 0.15) is 38.5 Å².